The van der Waals surface area contributed by atoms with E-state index in [0.717, 1.165) is 11.3 Å². The first-order valence-corrected chi connectivity index (χ1v) is 10.9. The van der Waals surface area contributed by atoms with Crippen LogP contribution in [0.3, 0.4) is 0 Å². The van der Waals surface area contributed by atoms with Gasteiger partial charge in [0.1, 0.15) is 12.4 Å². The molecule has 33 heavy (non-hydrogen) atoms. The molecule has 1 aliphatic heterocycles. The number of ether oxygens (including phenoxy) is 2. The van der Waals surface area contributed by atoms with Gasteiger partial charge >= 0.3 is 5.97 Å². The van der Waals surface area contributed by atoms with Crippen molar-refractivity contribution in [3.05, 3.63) is 88.2 Å². The number of halogens is 1. The third kappa shape index (κ3) is 5.18. The Bertz CT molecular complexity index is 1260. The van der Waals surface area contributed by atoms with Crippen molar-refractivity contribution in [1.29, 1.82) is 0 Å². The van der Waals surface area contributed by atoms with Crippen LogP contribution in [0.2, 0.25) is 5.02 Å². The predicted octanol–water partition coefficient (Wildman–Crippen LogP) is 5.20. The number of anilines is 1. The summed E-state index contributed by atoms with van der Waals surface area (Å²) in [5, 5.41) is 3.45. The van der Waals surface area contributed by atoms with Crippen LogP contribution in [0.4, 0.5) is 5.69 Å². The lowest BCUT2D eigenvalue weighted by atomic mass is 10.0. The third-order valence-electron chi connectivity index (χ3n) is 5.20. The number of hydrogen-bond acceptors (Lipinski definition) is 4. The van der Waals surface area contributed by atoms with E-state index < -0.39 is 5.97 Å². The number of amides is 1. The van der Waals surface area contributed by atoms with Gasteiger partial charge in [-0.25, -0.2) is 4.79 Å². The summed E-state index contributed by atoms with van der Waals surface area (Å²) in [6, 6.07) is 16.2. The molecule has 2 heterocycles. The third-order valence-corrected chi connectivity index (χ3v) is 5.44. The van der Waals surface area contributed by atoms with Crippen molar-refractivity contribution >= 4 is 46.9 Å². The molecule has 1 N–H and O–H groups in total. The van der Waals surface area contributed by atoms with E-state index in [1.807, 2.05) is 29.9 Å². The lowest BCUT2D eigenvalue weighted by molar-refractivity contribution is -0.136. The fourth-order valence-electron chi connectivity index (χ4n) is 3.47. The molecule has 2 aromatic carbocycles. The SMILES string of the molecule is CCOC(=O)C(=Cc1cccn1C)c1ccc(NC(=O)C2=Cc3cc(Cl)ccc3OC2)cc1. The van der Waals surface area contributed by atoms with Crippen LogP contribution < -0.4 is 10.1 Å². The molecule has 1 aromatic heterocycles. The average Bonchev–Trinajstić information content (AvgIpc) is 3.22. The lowest BCUT2D eigenvalue weighted by Crippen LogP contribution is -2.21. The monoisotopic (exact) mass is 462 g/mol. The van der Waals surface area contributed by atoms with Crippen molar-refractivity contribution in [3.8, 4) is 5.75 Å². The topological polar surface area (TPSA) is 69.6 Å². The molecule has 4 rings (SSSR count). The fourth-order valence-corrected chi connectivity index (χ4v) is 3.65. The second-order valence-electron chi connectivity index (χ2n) is 7.49. The number of nitrogens with one attached hydrogen (secondary N) is 1. The molecule has 1 aliphatic rings. The molecule has 0 unspecified atom stereocenters. The van der Waals surface area contributed by atoms with Crippen LogP contribution >= 0.6 is 11.6 Å². The maximum atomic E-state index is 12.7. The average molecular weight is 463 g/mol. The first-order chi connectivity index (χ1) is 15.9. The number of rotatable bonds is 6. The summed E-state index contributed by atoms with van der Waals surface area (Å²) < 4.78 is 12.8. The molecule has 0 saturated carbocycles. The van der Waals surface area contributed by atoms with Crippen molar-refractivity contribution in [1.82, 2.24) is 4.57 Å². The first-order valence-electron chi connectivity index (χ1n) is 10.5. The summed E-state index contributed by atoms with van der Waals surface area (Å²) in [5.74, 6) is 0.0208. The molecule has 0 saturated heterocycles. The molecule has 0 radical (unpaired) electrons. The second-order valence-corrected chi connectivity index (χ2v) is 7.93. The quantitative estimate of drug-likeness (QED) is 0.404. The van der Waals surface area contributed by atoms with Crippen molar-refractivity contribution in [2.45, 2.75) is 6.92 Å². The van der Waals surface area contributed by atoms with E-state index in [0.29, 0.717) is 33.2 Å². The van der Waals surface area contributed by atoms with Crippen LogP contribution in [0.15, 0.2) is 66.4 Å². The van der Waals surface area contributed by atoms with Gasteiger partial charge in [0.15, 0.2) is 0 Å². The molecule has 0 atom stereocenters. The Morgan fingerprint density at radius 3 is 2.67 bits per heavy atom. The lowest BCUT2D eigenvalue weighted by Gasteiger charge is -2.18. The Morgan fingerprint density at radius 1 is 1.18 bits per heavy atom. The van der Waals surface area contributed by atoms with Gasteiger partial charge in [-0.05, 0) is 67.1 Å². The molecule has 0 fully saturated rings. The Kier molecular flexibility index (Phi) is 6.66. The molecular weight excluding hydrogens is 440 g/mol. The van der Waals surface area contributed by atoms with Gasteiger partial charge in [0.05, 0.1) is 17.8 Å². The van der Waals surface area contributed by atoms with Gasteiger partial charge in [-0.1, -0.05) is 23.7 Å². The standard InChI is InChI=1S/C26H23ClN2O4/c1-3-32-26(31)23(15-22-5-4-12-29(22)2)17-6-9-21(10-7-17)28-25(30)19-13-18-14-20(27)8-11-24(18)33-16-19/h4-15H,3,16H2,1-2H3,(H,28,30). The number of benzene rings is 2. The minimum Gasteiger partial charge on any atom is -0.488 e. The van der Waals surface area contributed by atoms with Crippen LogP contribution in [0.25, 0.3) is 17.7 Å². The highest BCUT2D eigenvalue weighted by Gasteiger charge is 2.18. The highest BCUT2D eigenvalue weighted by molar-refractivity contribution is 6.30. The van der Waals surface area contributed by atoms with E-state index in [2.05, 4.69) is 5.32 Å². The highest BCUT2D eigenvalue weighted by Crippen LogP contribution is 2.29. The van der Waals surface area contributed by atoms with E-state index >= 15 is 0 Å². The molecule has 7 heteroatoms. The van der Waals surface area contributed by atoms with Crippen LogP contribution in [0.5, 0.6) is 5.75 Å². The zero-order valence-corrected chi connectivity index (χ0v) is 19.1. The summed E-state index contributed by atoms with van der Waals surface area (Å²) in [5.41, 5.74) is 3.86. The minimum absolute atomic E-state index is 0.172. The molecule has 168 valence electrons. The highest BCUT2D eigenvalue weighted by atomic mass is 35.5. The summed E-state index contributed by atoms with van der Waals surface area (Å²) in [4.78, 5) is 25.3. The van der Waals surface area contributed by atoms with Gasteiger partial charge in [-0.2, -0.15) is 0 Å². The Balaban J connectivity index is 1.53. The van der Waals surface area contributed by atoms with Gasteiger partial charge in [0.25, 0.3) is 5.91 Å². The smallest absolute Gasteiger partial charge is 0.338 e. The van der Waals surface area contributed by atoms with E-state index in [9.17, 15) is 9.59 Å². The number of esters is 1. The normalized spacial score (nSPS) is 12.9. The molecule has 1 amide bonds. The number of fused-ring (bicyclic) bond motifs is 1. The maximum absolute atomic E-state index is 12.7. The Hall–Kier alpha value is -3.77. The number of aryl methyl sites for hydroxylation is 1. The number of carbonyl (C=O) groups is 2. The van der Waals surface area contributed by atoms with Gasteiger partial charge in [0, 0.05) is 35.2 Å². The zero-order valence-electron chi connectivity index (χ0n) is 18.3. The van der Waals surface area contributed by atoms with Crippen LogP contribution in [-0.2, 0) is 21.4 Å². The maximum Gasteiger partial charge on any atom is 0.338 e. The van der Waals surface area contributed by atoms with E-state index in [-0.39, 0.29) is 19.1 Å². The van der Waals surface area contributed by atoms with E-state index in [1.165, 1.54) is 0 Å². The van der Waals surface area contributed by atoms with Crippen molar-refractivity contribution in [2.75, 3.05) is 18.5 Å². The Labute approximate surface area is 197 Å². The van der Waals surface area contributed by atoms with Crippen LogP contribution in [0.1, 0.15) is 23.7 Å². The summed E-state index contributed by atoms with van der Waals surface area (Å²) >= 11 is 6.05. The summed E-state index contributed by atoms with van der Waals surface area (Å²) in [6.45, 7) is 2.22. The number of hydrogen-bond donors (Lipinski definition) is 1. The molecular formula is C26H23ClN2O4. The fraction of sp³-hybridized carbons (Fsp3) is 0.154. The van der Waals surface area contributed by atoms with E-state index in [4.69, 9.17) is 21.1 Å². The van der Waals surface area contributed by atoms with Gasteiger partial charge in [0.2, 0.25) is 0 Å². The number of aromatic nitrogens is 1. The minimum atomic E-state index is -0.405. The first kappa shape index (κ1) is 22.4. The predicted molar refractivity (Wildman–Crippen MR) is 130 cm³/mol. The molecule has 6 nitrogen and oxygen atoms in total. The van der Waals surface area contributed by atoms with Crippen molar-refractivity contribution in [2.24, 2.45) is 7.05 Å². The van der Waals surface area contributed by atoms with Gasteiger partial charge < -0.3 is 19.4 Å². The second kappa shape index (κ2) is 9.79. The van der Waals surface area contributed by atoms with Gasteiger partial charge in [-0.15, -0.1) is 0 Å². The van der Waals surface area contributed by atoms with Gasteiger partial charge in [-0.3, -0.25) is 4.79 Å². The van der Waals surface area contributed by atoms with Crippen LogP contribution in [-0.4, -0.2) is 29.7 Å². The molecule has 3 aromatic rings. The Morgan fingerprint density at radius 2 is 1.97 bits per heavy atom. The summed E-state index contributed by atoms with van der Waals surface area (Å²) in [7, 11) is 1.91. The van der Waals surface area contributed by atoms with Crippen LogP contribution in [0, 0.1) is 0 Å². The van der Waals surface area contributed by atoms with Crippen molar-refractivity contribution < 1.29 is 19.1 Å². The largest absolute Gasteiger partial charge is 0.488 e. The van der Waals surface area contributed by atoms with E-state index in [1.54, 1.807) is 61.5 Å². The molecule has 0 aliphatic carbocycles. The summed E-state index contributed by atoms with van der Waals surface area (Å²) in [6.07, 6.45) is 5.47. The van der Waals surface area contributed by atoms with Crippen molar-refractivity contribution in [3.63, 3.8) is 0 Å². The number of carbonyl (C=O) groups excluding carboxylic acids is 2. The zero-order chi connectivity index (χ0) is 23.4. The number of nitrogens with zero attached hydrogens (tertiary/aromatic N) is 1. The molecule has 0 spiro atoms. The molecule has 0 bridgehead atoms.